The van der Waals surface area contributed by atoms with Crippen molar-refractivity contribution in [3.8, 4) is 0 Å². The second kappa shape index (κ2) is 5.47. The molecule has 1 unspecified atom stereocenters. The van der Waals surface area contributed by atoms with Crippen LogP contribution >= 0.6 is 0 Å². The maximum atomic E-state index is 12.2. The van der Waals surface area contributed by atoms with E-state index in [1.807, 2.05) is 20.8 Å². The van der Waals surface area contributed by atoms with E-state index in [1.54, 1.807) is 11.2 Å². The second-order valence-corrected chi connectivity index (χ2v) is 7.14. The van der Waals surface area contributed by atoms with Gasteiger partial charge in [0.1, 0.15) is 0 Å². The molecule has 0 amide bonds. The largest absolute Gasteiger partial charge is 0.313 e. The van der Waals surface area contributed by atoms with Gasteiger partial charge in [-0.15, -0.1) is 0 Å². The quantitative estimate of drug-likeness (QED) is 0.736. The Morgan fingerprint density at radius 2 is 1.88 bits per heavy atom. The van der Waals surface area contributed by atoms with E-state index in [1.165, 1.54) is 12.8 Å². The molecule has 0 heterocycles. The van der Waals surface area contributed by atoms with Crippen LogP contribution in [0.25, 0.3) is 0 Å². The van der Waals surface area contributed by atoms with Crippen LogP contribution < -0.4 is 5.32 Å². The van der Waals surface area contributed by atoms with Gasteiger partial charge in [0.15, 0.2) is 0 Å². The lowest BCUT2D eigenvalue weighted by molar-refractivity contribution is 0.363. The number of hydrogen-bond acceptors (Lipinski definition) is 3. The van der Waals surface area contributed by atoms with Crippen LogP contribution in [0.4, 0.5) is 0 Å². The average molecular weight is 248 g/mol. The van der Waals surface area contributed by atoms with E-state index in [2.05, 4.69) is 5.32 Å². The highest BCUT2D eigenvalue weighted by molar-refractivity contribution is 7.89. The first-order valence-electron chi connectivity index (χ1n) is 6.13. The Kier molecular flexibility index (Phi) is 4.76. The standard InChI is InChI=1S/C11H24N2O2S/c1-5-13(9(2)3)16(14,15)10(4)8-12-11-6-7-11/h9-12H,5-8H2,1-4H3. The Hall–Kier alpha value is -0.130. The first kappa shape index (κ1) is 13.9. The van der Waals surface area contributed by atoms with Crippen LogP contribution in [0.5, 0.6) is 0 Å². The summed E-state index contributed by atoms with van der Waals surface area (Å²) in [6, 6.07) is 0.602. The Morgan fingerprint density at radius 3 is 2.25 bits per heavy atom. The van der Waals surface area contributed by atoms with Crippen molar-refractivity contribution in [1.29, 1.82) is 0 Å². The monoisotopic (exact) mass is 248 g/mol. The molecule has 0 aromatic heterocycles. The number of rotatable bonds is 7. The van der Waals surface area contributed by atoms with Gasteiger partial charge in [-0.3, -0.25) is 0 Å². The fourth-order valence-electron chi connectivity index (χ4n) is 1.80. The Labute approximate surface area is 99.5 Å². The predicted molar refractivity (Wildman–Crippen MR) is 66.9 cm³/mol. The van der Waals surface area contributed by atoms with Gasteiger partial charge >= 0.3 is 0 Å². The van der Waals surface area contributed by atoms with Gasteiger partial charge in [0, 0.05) is 25.2 Å². The van der Waals surface area contributed by atoms with E-state index >= 15 is 0 Å². The molecule has 0 aromatic carbocycles. The smallest absolute Gasteiger partial charge is 0.218 e. The highest BCUT2D eigenvalue weighted by atomic mass is 32.2. The van der Waals surface area contributed by atoms with Gasteiger partial charge in [-0.1, -0.05) is 6.92 Å². The van der Waals surface area contributed by atoms with Crippen molar-refractivity contribution in [3.05, 3.63) is 0 Å². The van der Waals surface area contributed by atoms with Crippen LogP contribution in [0, 0.1) is 0 Å². The molecule has 16 heavy (non-hydrogen) atoms. The summed E-state index contributed by atoms with van der Waals surface area (Å²) in [6.45, 7) is 8.63. The molecule has 1 aliphatic rings. The molecule has 0 spiro atoms. The van der Waals surface area contributed by atoms with Gasteiger partial charge in [-0.25, -0.2) is 8.42 Å². The van der Waals surface area contributed by atoms with Crippen molar-refractivity contribution >= 4 is 10.0 Å². The summed E-state index contributed by atoms with van der Waals surface area (Å²) in [4.78, 5) is 0. The lowest BCUT2D eigenvalue weighted by Crippen LogP contribution is -2.45. The van der Waals surface area contributed by atoms with Gasteiger partial charge < -0.3 is 5.32 Å². The predicted octanol–water partition coefficient (Wildman–Crippen LogP) is 1.19. The molecular formula is C11H24N2O2S. The van der Waals surface area contributed by atoms with E-state index in [-0.39, 0.29) is 11.3 Å². The van der Waals surface area contributed by atoms with Crippen LogP contribution in [0.2, 0.25) is 0 Å². The third kappa shape index (κ3) is 3.43. The third-order valence-electron chi connectivity index (χ3n) is 2.99. The highest BCUT2D eigenvalue weighted by Gasteiger charge is 2.31. The maximum Gasteiger partial charge on any atom is 0.218 e. The van der Waals surface area contributed by atoms with Crippen molar-refractivity contribution in [2.75, 3.05) is 13.1 Å². The van der Waals surface area contributed by atoms with Gasteiger partial charge in [0.05, 0.1) is 5.25 Å². The minimum atomic E-state index is -3.15. The number of sulfonamides is 1. The van der Waals surface area contributed by atoms with Crippen LogP contribution in [0.15, 0.2) is 0 Å². The molecule has 0 saturated heterocycles. The molecule has 96 valence electrons. The zero-order valence-electron chi connectivity index (χ0n) is 10.7. The Balaban J connectivity index is 2.58. The van der Waals surface area contributed by atoms with Crippen LogP contribution in [-0.2, 0) is 10.0 Å². The second-order valence-electron chi connectivity index (χ2n) is 4.84. The van der Waals surface area contributed by atoms with Gasteiger partial charge in [-0.2, -0.15) is 4.31 Å². The summed E-state index contributed by atoms with van der Waals surface area (Å²) in [5, 5.41) is 2.94. The summed E-state index contributed by atoms with van der Waals surface area (Å²) in [5.41, 5.74) is 0. The molecule has 0 aliphatic heterocycles. The molecule has 1 rings (SSSR count). The maximum absolute atomic E-state index is 12.2. The Morgan fingerprint density at radius 1 is 1.31 bits per heavy atom. The molecule has 5 heteroatoms. The third-order valence-corrected chi connectivity index (χ3v) is 5.51. The normalized spacial score (nSPS) is 19.4. The number of hydrogen-bond donors (Lipinski definition) is 1. The average Bonchev–Trinajstić information content (AvgIpc) is 2.97. The van der Waals surface area contributed by atoms with Crippen molar-refractivity contribution < 1.29 is 8.42 Å². The first-order chi connectivity index (χ1) is 7.39. The molecule has 4 nitrogen and oxygen atoms in total. The molecule has 1 atom stereocenters. The summed E-state index contributed by atoms with van der Waals surface area (Å²) >= 11 is 0. The van der Waals surface area contributed by atoms with Crippen molar-refractivity contribution in [2.24, 2.45) is 0 Å². The van der Waals surface area contributed by atoms with E-state index in [4.69, 9.17) is 0 Å². The zero-order chi connectivity index (χ0) is 12.3. The topological polar surface area (TPSA) is 49.4 Å². The molecule has 1 aliphatic carbocycles. The van der Waals surface area contributed by atoms with Gasteiger partial charge in [-0.05, 0) is 33.6 Å². The fourth-order valence-corrected chi connectivity index (χ4v) is 3.51. The minimum absolute atomic E-state index is 0.0402. The van der Waals surface area contributed by atoms with Crippen molar-refractivity contribution in [1.82, 2.24) is 9.62 Å². The zero-order valence-corrected chi connectivity index (χ0v) is 11.5. The van der Waals surface area contributed by atoms with E-state index < -0.39 is 10.0 Å². The van der Waals surface area contributed by atoms with E-state index in [0.29, 0.717) is 19.1 Å². The van der Waals surface area contributed by atoms with Gasteiger partial charge in [0.2, 0.25) is 10.0 Å². The van der Waals surface area contributed by atoms with Crippen molar-refractivity contribution in [3.63, 3.8) is 0 Å². The minimum Gasteiger partial charge on any atom is -0.313 e. The Bertz CT molecular complexity index is 310. The molecule has 1 N–H and O–H groups in total. The lowest BCUT2D eigenvalue weighted by Gasteiger charge is -2.28. The lowest BCUT2D eigenvalue weighted by atomic mass is 10.4. The van der Waals surface area contributed by atoms with Gasteiger partial charge in [0.25, 0.3) is 0 Å². The SMILES string of the molecule is CCN(C(C)C)S(=O)(=O)C(C)CNC1CC1. The van der Waals surface area contributed by atoms with Crippen LogP contribution in [-0.4, -0.2) is 43.1 Å². The fraction of sp³-hybridized carbons (Fsp3) is 1.00. The van der Waals surface area contributed by atoms with E-state index in [9.17, 15) is 8.42 Å². The summed E-state index contributed by atoms with van der Waals surface area (Å²) in [5.74, 6) is 0. The van der Waals surface area contributed by atoms with Crippen LogP contribution in [0.3, 0.4) is 0 Å². The molecule has 0 radical (unpaired) electrons. The first-order valence-corrected chi connectivity index (χ1v) is 7.64. The molecular weight excluding hydrogens is 224 g/mol. The van der Waals surface area contributed by atoms with Crippen molar-refractivity contribution in [2.45, 2.75) is 57.9 Å². The number of nitrogens with one attached hydrogen (secondary N) is 1. The molecule has 1 saturated carbocycles. The molecule has 1 fully saturated rings. The highest BCUT2D eigenvalue weighted by Crippen LogP contribution is 2.19. The van der Waals surface area contributed by atoms with Crippen LogP contribution in [0.1, 0.15) is 40.5 Å². The summed E-state index contributed by atoms with van der Waals surface area (Å²) < 4.78 is 26.0. The van der Waals surface area contributed by atoms with E-state index in [0.717, 1.165) is 0 Å². The summed E-state index contributed by atoms with van der Waals surface area (Å²) in [7, 11) is -3.15. The number of nitrogens with zero attached hydrogens (tertiary/aromatic N) is 1. The molecule has 0 aromatic rings. The molecule has 0 bridgehead atoms. The summed E-state index contributed by atoms with van der Waals surface area (Å²) in [6.07, 6.45) is 2.38.